The van der Waals surface area contributed by atoms with Crippen LogP contribution in [0, 0.1) is 0 Å². The molecule has 2 aromatic rings. The zero-order chi connectivity index (χ0) is 13.1. The molecule has 0 aromatic heterocycles. The Hall–Kier alpha value is -2.55. The molecule has 0 unspecified atom stereocenters. The highest BCUT2D eigenvalue weighted by Crippen LogP contribution is 2.32. The molecule has 0 bridgehead atoms. The van der Waals surface area contributed by atoms with Crippen molar-refractivity contribution in [2.45, 2.75) is 6.54 Å². The van der Waals surface area contributed by atoms with Crippen molar-refractivity contribution >= 4 is 11.9 Å². The fourth-order valence-corrected chi connectivity index (χ4v) is 1.96. The fourth-order valence-electron chi connectivity index (χ4n) is 1.96. The van der Waals surface area contributed by atoms with Gasteiger partial charge < -0.3 is 10.1 Å². The molecule has 0 amide bonds. The van der Waals surface area contributed by atoms with Gasteiger partial charge in [-0.15, -0.1) is 0 Å². The zero-order valence-electron chi connectivity index (χ0n) is 10.5. The van der Waals surface area contributed by atoms with E-state index >= 15 is 0 Å². The largest absolute Gasteiger partial charge is 0.440 e. The summed E-state index contributed by atoms with van der Waals surface area (Å²) in [6, 6.07) is 16.1. The van der Waals surface area contributed by atoms with Crippen LogP contribution in [0.5, 0.6) is 5.75 Å². The van der Waals surface area contributed by atoms with Crippen LogP contribution in [0.1, 0.15) is 11.1 Å². The van der Waals surface area contributed by atoms with Crippen molar-refractivity contribution in [1.29, 1.82) is 0 Å². The van der Waals surface area contributed by atoms with Crippen molar-refractivity contribution < 1.29 is 4.74 Å². The SMILES string of the molecule is C=C1Nc2cc(C=NCc3ccccc3)ccc2O1. The first-order valence-corrected chi connectivity index (χ1v) is 6.13. The van der Waals surface area contributed by atoms with Gasteiger partial charge in [-0.05, 0) is 35.9 Å². The Morgan fingerprint density at radius 3 is 2.84 bits per heavy atom. The van der Waals surface area contributed by atoms with Crippen molar-refractivity contribution in [3.63, 3.8) is 0 Å². The average Bonchev–Trinajstić information content (AvgIpc) is 2.79. The predicted octanol–water partition coefficient (Wildman–Crippen LogP) is 3.58. The van der Waals surface area contributed by atoms with Crippen LogP contribution in [0.15, 0.2) is 66.0 Å². The molecule has 1 N–H and O–H groups in total. The summed E-state index contributed by atoms with van der Waals surface area (Å²) < 4.78 is 5.39. The molecule has 0 radical (unpaired) electrons. The lowest BCUT2D eigenvalue weighted by molar-refractivity contribution is 0.460. The second-order valence-corrected chi connectivity index (χ2v) is 4.36. The van der Waals surface area contributed by atoms with Gasteiger partial charge in [0.1, 0.15) is 0 Å². The van der Waals surface area contributed by atoms with Gasteiger partial charge >= 0.3 is 0 Å². The standard InChI is InChI=1S/C16H14N2O/c1-12-18-15-9-14(7-8-16(15)19-12)11-17-10-13-5-3-2-4-6-13/h2-9,11,18H,1,10H2. The minimum atomic E-state index is 0.563. The number of ether oxygens (including phenoxy) is 1. The molecular formula is C16H14N2O. The second-order valence-electron chi connectivity index (χ2n) is 4.36. The van der Waals surface area contributed by atoms with Crippen molar-refractivity contribution in [1.82, 2.24) is 0 Å². The number of hydrogen-bond donors (Lipinski definition) is 1. The number of nitrogens with one attached hydrogen (secondary N) is 1. The first-order valence-electron chi connectivity index (χ1n) is 6.13. The summed E-state index contributed by atoms with van der Waals surface area (Å²) >= 11 is 0. The number of fused-ring (bicyclic) bond motifs is 1. The van der Waals surface area contributed by atoms with Gasteiger partial charge in [0.05, 0.1) is 12.2 Å². The summed E-state index contributed by atoms with van der Waals surface area (Å²) in [6.45, 7) is 4.42. The van der Waals surface area contributed by atoms with Crippen molar-refractivity contribution in [3.8, 4) is 5.75 Å². The molecule has 3 rings (SSSR count). The highest BCUT2D eigenvalue weighted by molar-refractivity contribution is 5.83. The molecular weight excluding hydrogens is 236 g/mol. The van der Waals surface area contributed by atoms with E-state index in [1.54, 1.807) is 0 Å². The molecule has 94 valence electrons. The molecule has 3 nitrogen and oxygen atoms in total. The Labute approximate surface area is 112 Å². The Bertz CT molecular complexity index is 632. The lowest BCUT2D eigenvalue weighted by atomic mass is 10.2. The van der Waals surface area contributed by atoms with Gasteiger partial charge in [-0.3, -0.25) is 4.99 Å². The molecule has 0 saturated heterocycles. The van der Waals surface area contributed by atoms with Gasteiger partial charge in [0, 0.05) is 6.21 Å². The Balaban J connectivity index is 1.71. The summed E-state index contributed by atoms with van der Waals surface area (Å²) in [4.78, 5) is 4.44. The molecule has 0 atom stereocenters. The van der Waals surface area contributed by atoms with Crippen molar-refractivity contribution in [2.75, 3.05) is 5.32 Å². The Morgan fingerprint density at radius 2 is 2.00 bits per heavy atom. The van der Waals surface area contributed by atoms with Gasteiger partial charge in [0.25, 0.3) is 0 Å². The van der Waals surface area contributed by atoms with Crippen LogP contribution < -0.4 is 10.1 Å². The predicted molar refractivity (Wildman–Crippen MR) is 77.6 cm³/mol. The normalized spacial score (nSPS) is 13.2. The van der Waals surface area contributed by atoms with Gasteiger partial charge in [0.2, 0.25) is 0 Å². The van der Waals surface area contributed by atoms with Crippen molar-refractivity contribution in [3.05, 3.63) is 72.1 Å². The monoisotopic (exact) mass is 250 g/mol. The van der Waals surface area contributed by atoms with Gasteiger partial charge in [-0.25, -0.2) is 0 Å². The van der Waals surface area contributed by atoms with Crippen LogP contribution in [-0.2, 0) is 6.54 Å². The minimum absolute atomic E-state index is 0.563. The van der Waals surface area contributed by atoms with Gasteiger partial charge in [-0.1, -0.05) is 30.3 Å². The van der Waals surface area contributed by atoms with E-state index in [1.807, 2.05) is 42.6 Å². The highest BCUT2D eigenvalue weighted by Gasteiger charge is 2.14. The minimum Gasteiger partial charge on any atom is -0.440 e. The molecule has 0 spiro atoms. The molecule has 0 fully saturated rings. The maximum absolute atomic E-state index is 5.39. The van der Waals surface area contributed by atoms with Gasteiger partial charge in [0.15, 0.2) is 11.6 Å². The van der Waals surface area contributed by atoms with Crippen LogP contribution >= 0.6 is 0 Å². The topological polar surface area (TPSA) is 33.6 Å². The quantitative estimate of drug-likeness (QED) is 0.845. The highest BCUT2D eigenvalue weighted by atomic mass is 16.5. The summed E-state index contributed by atoms with van der Waals surface area (Å²) in [6.07, 6.45) is 1.87. The maximum Gasteiger partial charge on any atom is 0.190 e. The lowest BCUT2D eigenvalue weighted by Gasteiger charge is -1.98. The zero-order valence-corrected chi connectivity index (χ0v) is 10.5. The van der Waals surface area contributed by atoms with Crippen LogP contribution in [0.2, 0.25) is 0 Å². The molecule has 3 heteroatoms. The number of benzene rings is 2. The van der Waals surface area contributed by atoms with Crippen LogP contribution in [0.25, 0.3) is 0 Å². The van der Waals surface area contributed by atoms with E-state index in [0.29, 0.717) is 12.4 Å². The van der Waals surface area contributed by atoms with Crippen LogP contribution in [0.3, 0.4) is 0 Å². The molecule has 19 heavy (non-hydrogen) atoms. The number of aliphatic imine (C=N–C) groups is 1. The average molecular weight is 250 g/mol. The van der Waals surface area contributed by atoms with Crippen LogP contribution in [-0.4, -0.2) is 6.21 Å². The van der Waals surface area contributed by atoms with E-state index in [9.17, 15) is 0 Å². The van der Waals surface area contributed by atoms with E-state index in [1.165, 1.54) is 5.56 Å². The van der Waals surface area contributed by atoms with E-state index in [0.717, 1.165) is 17.0 Å². The number of rotatable bonds is 3. The van der Waals surface area contributed by atoms with E-state index in [-0.39, 0.29) is 0 Å². The third-order valence-electron chi connectivity index (χ3n) is 2.87. The molecule has 1 aliphatic heterocycles. The van der Waals surface area contributed by atoms with E-state index in [2.05, 4.69) is 29.0 Å². The molecule has 1 heterocycles. The maximum atomic E-state index is 5.39. The second kappa shape index (κ2) is 4.98. The first-order chi connectivity index (χ1) is 9.31. The summed E-state index contributed by atoms with van der Waals surface area (Å²) in [5.74, 6) is 1.37. The number of nitrogens with zero attached hydrogens (tertiary/aromatic N) is 1. The summed E-state index contributed by atoms with van der Waals surface area (Å²) in [5.41, 5.74) is 3.18. The van der Waals surface area contributed by atoms with E-state index < -0.39 is 0 Å². The van der Waals surface area contributed by atoms with Gasteiger partial charge in [-0.2, -0.15) is 0 Å². The molecule has 1 aliphatic rings. The Kier molecular flexibility index (Phi) is 3.02. The molecule has 0 saturated carbocycles. The number of hydrogen-bond acceptors (Lipinski definition) is 3. The summed E-state index contributed by atoms with van der Waals surface area (Å²) in [7, 11) is 0. The molecule has 2 aromatic carbocycles. The third-order valence-corrected chi connectivity index (χ3v) is 2.87. The first kappa shape index (κ1) is 11.5. The fraction of sp³-hybridized carbons (Fsp3) is 0.0625. The van der Waals surface area contributed by atoms with E-state index in [4.69, 9.17) is 4.74 Å². The lowest BCUT2D eigenvalue weighted by Crippen LogP contribution is -1.92. The summed E-state index contributed by atoms with van der Waals surface area (Å²) in [5, 5.41) is 3.07. The molecule has 0 aliphatic carbocycles. The smallest absolute Gasteiger partial charge is 0.190 e. The van der Waals surface area contributed by atoms with Crippen LogP contribution in [0.4, 0.5) is 5.69 Å². The Morgan fingerprint density at radius 1 is 1.16 bits per heavy atom. The van der Waals surface area contributed by atoms with Crippen molar-refractivity contribution in [2.24, 2.45) is 4.99 Å². The number of anilines is 1. The third kappa shape index (κ3) is 2.65.